The molecule has 1 aromatic heterocycles. The van der Waals surface area contributed by atoms with Crippen LogP contribution in [0.25, 0.3) is 0 Å². The van der Waals surface area contributed by atoms with Gasteiger partial charge in [-0.05, 0) is 13.0 Å². The standard InChI is InChI=1S/C9H12F2N2O/c1-6(12)7-3-2-4-13-9(7)14-5-8(10)11/h2-4,6,8H,5,12H2,1H3/t6-/m1/s1. The Kier molecular flexibility index (Phi) is 3.76. The van der Waals surface area contributed by atoms with Crippen molar-refractivity contribution in [1.82, 2.24) is 4.98 Å². The van der Waals surface area contributed by atoms with Gasteiger partial charge in [-0.1, -0.05) is 6.07 Å². The van der Waals surface area contributed by atoms with Gasteiger partial charge in [-0.15, -0.1) is 0 Å². The topological polar surface area (TPSA) is 48.1 Å². The largest absolute Gasteiger partial charge is 0.471 e. The number of alkyl halides is 2. The van der Waals surface area contributed by atoms with E-state index >= 15 is 0 Å². The quantitative estimate of drug-likeness (QED) is 0.809. The lowest BCUT2D eigenvalue weighted by Gasteiger charge is -2.11. The average Bonchev–Trinajstić information content (AvgIpc) is 2.15. The second-order valence-corrected chi connectivity index (χ2v) is 2.89. The van der Waals surface area contributed by atoms with Crippen LogP contribution in [0.4, 0.5) is 8.78 Å². The minimum Gasteiger partial charge on any atom is -0.471 e. The van der Waals surface area contributed by atoms with Gasteiger partial charge < -0.3 is 10.5 Å². The van der Waals surface area contributed by atoms with Gasteiger partial charge in [-0.3, -0.25) is 0 Å². The van der Waals surface area contributed by atoms with Gasteiger partial charge in [0.05, 0.1) is 0 Å². The Labute approximate surface area is 80.9 Å². The molecule has 1 atom stereocenters. The summed E-state index contributed by atoms with van der Waals surface area (Å²) in [6.45, 7) is 1.09. The second kappa shape index (κ2) is 4.85. The van der Waals surface area contributed by atoms with Crippen LogP contribution in [0.2, 0.25) is 0 Å². The second-order valence-electron chi connectivity index (χ2n) is 2.89. The maximum Gasteiger partial charge on any atom is 0.272 e. The number of nitrogens with two attached hydrogens (primary N) is 1. The van der Waals surface area contributed by atoms with Crippen LogP contribution in [0.3, 0.4) is 0 Å². The van der Waals surface area contributed by atoms with E-state index in [1.165, 1.54) is 6.20 Å². The summed E-state index contributed by atoms with van der Waals surface area (Å²) in [7, 11) is 0. The lowest BCUT2D eigenvalue weighted by Crippen LogP contribution is -2.13. The summed E-state index contributed by atoms with van der Waals surface area (Å²) in [4.78, 5) is 3.84. The Morgan fingerprint density at radius 3 is 2.86 bits per heavy atom. The third-order valence-electron chi connectivity index (χ3n) is 1.64. The van der Waals surface area contributed by atoms with Crippen molar-refractivity contribution >= 4 is 0 Å². The minimum absolute atomic E-state index is 0.183. The Balaban J connectivity index is 2.74. The molecule has 1 heterocycles. The van der Waals surface area contributed by atoms with Gasteiger partial charge in [-0.25, -0.2) is 13.8 Å². The first kappa shape index (κ1) is 10.8. The fourth-order valence-corrected chi connectivity index (χ4v) is 1.01. The maximum absolute atomic E-state index is 11.9. The summed E-state index contributed by atoms with van der Waals surface area (Å²) in [6, 6.07) is 3.11. The Morgan fingerprint density at radius 1 is 1.57 bits per heavy atom. The predicted octanol–water partition coefficient (Wildman–Crippen LogP) is 1.75. The molecular weight excluding hydrogens is 190 g/mol. The molecule has 0 saturated heterocycles. The van der Waals surface area contributed by atoms with Crippen LogP contribution in [0.5, 0.6) is 5.88 Å². The molecule has 1 aromatic rings. The number of ether oxygens (including phenoxy) is 1. The van der Waals surface area contributed by atoms with E-state index in [-0.39, 0.29) is 11.9 Å². The van der Waals surface area contributed by atoms with Crippen molar-refractivity contribution in [1.29, 1.82) is 0 Å². The van der Waals surface area contributed by atoms with Crippen molar-refractivity contribution in [2.24, 2.45) is 5.73 Å². The Morgan fingerprint density at radius 2 is 2.29 bits per heavy atom. The molecule has 0 aromatic carbocycles. The molecule has 78 valence electrons. The molecule has 0 aliphatic heterocycles. The fraction of sp³-hybridized carbons (Fsp3) is 0.444. The molecule has 14 heavy (non-hydrogen) atoms. The number of rotatable bonds is 4. The van der Waals surface area contributed by atoms with E-state index in [1.807, 2.05) is 0 Å². The van der Waals surface area contributed by atoms with E-state index in [1.54, 1.807) is 19.1 Å². The van der Waals surface area contributed by atoms with Crippen molar-refractivity contribution in [3.63, 3.8) is 0 Å². The van der Waals surface area contributed by atoms with Crippen LogP contribution in [0.15, 0.2) is 18.3 Å². The van der Waals surface area contributed by atoms with Crippen LogP contribution < -0.4 is 10.5 Å². The van der Waals surface area contributed by atoms with Gasteiger partial charge in [0.2, 0.25) is 5.88 Å². The highest BCUT2D eigenvalue weighted by Gasteiger charge is 2.10. The summed E-state index contributed by atoms with van der Waals surface area (Å²) in [5.41, 5.74) is 6.25. The SMILES string of the molecule is C[C@@H](N)c1cccnc1OCC(F)F. The summed E-state index contributed by atoms with van der Waals surface area (Å²) in [5, 5.41) is 0. The number of nitrogens with zero attached hydrogens (tertiary/aromatic N) is 1. The van der Waals surface area contributed by atoms with Crippen LogP contribution in [0, 0.1) is 0 Å². The number of hydrogen-bond acceptors (Lipinski definition) is 3. The van der Waals surface area contributed by atoms with Crippen LogP contribution in [0.1, 0.15) is 18.5 Å². The zero-order valence-electron chi connectivity index (χ0n) is 7.78. The van der Waals surface area contributed by atoms with Gasteiger partial charge in [0.1, 0.15) is 0 Å². The molecule has 0 amide bonds. The third-order valence-corrected chi connectivity index (χ3v) is 1.64. The van der Waals surface area contributed by atoms with Gasteiger partial charge in [0.15, 0.2) is 6.61 Å². The van der Waals surface area contributed by atoms with Crippen LogP contribution in [-0.2, 0) is 0 Å². The van der Waals surface area contributed by atoms with Crippen molar-refractivity contribution in [3.8, 4) is 5.88 Å². The normalized spacial score (nSPS) is 12.9. The Bertz CT molecular complexity index is 292. The molecule has 0 aliphatic carbocycles. The Hall–Kier alpha value is -1.23. The number of halogens is 2. The van der Waals surface area contributed by atoms with Crippen molar-refractivity contribution < 1.29 is 13.5 Å². The van der Waals surface area contributed by atoms with E-state index in [9.17, 15) is 8.78 Å². The van der Waals surface area contributed by atoms with Gasteiger partial charge >= 0.3 is 0 Å². The summed E-state index contributed by atoms with van der Waals surface area (Å²) in [5.74, 6) is 0.183. The first-order valence-electron chi connectivity index (χ1n) is 4.22. The molecule has 0 unspecified atom stereocenters. The van der Waals surface area contributed by atoms with Crippen LogP contribution >= 0.6 is 0 Å². The zero-order valence-corrected chi connectivity index (χ0v) is 7.78. The van der Waals surface area contributed by atoms with Crippen molar-refractivity contribution in [2.75, 3.05) is 6.61 Å². The number of pyridine rings is 1. The van der Waals surface area contributed by atoms with Gasteiger partial charge in [-0.2, -0.15) is 0 Å². The summed E-state index contributed by atoms with van der Waals surface area (Å²) < 4.78 is 28.6. The molecule has 0 spiro atoms. The lowest BCUT2D eigenvalue weighted by molar-refractivity contribution is 0.0789. The lowest BCUT2D eigenvalue weighted by atomic mass is 10.1. The van der Waals surface area contributed by atoms with Gasteiger partial charge in [0.25, 0.3) is 6.43 Å². The van der Waals surface area contributed by atoms with Crippen molar-refractivity contribution in [3.05, 3.63) is 23.9 Å². The highest BCUT2D eigenvalue weighted by atomic mass is 19.3. The zero-order chi connectivity index (χ0) is 10.6. The average molecular weight is 202 g/mol. The summed E-state index contributed by atoms with van der Waals surface area (Å²) in [6.07, 6.45) is -1.02. The van der Waals surface area contributed by atoms with E-state index in [0.29, 0.717) is 5.56 Å². The highest BCUT2D eigenvalue weighted by Crippen LogP contribution is 2.20. The maximum atomic E-state index is 11.9. The minimum atomic E-state index is -2.50. The van der Waals surface area contributed by atoms with E-state index < -0.39 is 13.0 Å². The smallest absolute Gasteiger partial charge is 0.272 e. The van der Waals surface area contributed by atoms with Gasteiger partial charge in [0, 0.05) is 17.8 Å². The predicted molar refractivity (Wildman–Crippen MR) is 48.3 cm³/mol. The highest BCUT2D eigenvalue weighted by molar-refractivity contribution is 5.28. The van der Waals surface area contributed by atoms with Crippen LogP contribution in [-0.4, -0.2) is 18.0 Å². The molecular formula is C9H12F2N2O. The first-order valence-corrected chi connectivity index (χ1v) is 4.22. The molecule has 2 N–H and O–H groups in total. The fourth-order valence-electron chi connectivity index (χ4n) is 1.01. The third kappa shape index (κ3) is 2.92. The number of hydrogen-bond donors (Lipinski definition) is 1. The molecule has 0 saturated carbocycles. The molecule has 0 aliphatic rings. The molecule has 3 nitrogen and oxygen atoms in total. The van der Waals surface area contributed by atoms with E-state index in [4.69, 9.17) is 10.5 Å². The molecule has 0 fully saturated rings. The molecule has 0 bridgehead atoms. The van der Waals surface area contributed by atoms with E-state index in [0.717, 1.165) is 0 Å². The van der Waals surface area contributed by atoms with Crippen molar-refractivity contribution in [2.45, 2.75) is 19.4 Å². The monoisotopic (exact) mass is 202 g/mol. The van der Waals surface area contributed by atoms with E-state index in [2.05, 4.69) is 4.98 Å². The molecule has 1 rings (SSSR count). The molecule has 0 radical (unpaired) electrons. The number of aromatic nitrogens is 1. The molecule has 5 heteroatoms. The first-order chi connectivity index (χ1) is 6.61. The summed E-state index contributed by atoms with van der Waals surface area (Å²) >= 11 is 0.